The van der Waals surface area contributed by atoms with Crippen LogP contribution in [0.4, 0.5) is 0 Å². The van der Waals surface area contributed by atoms with E-state index < -0.39 is 0 Å². The van der Waals surface area contributed by atoms with Gasteiger partial charge >= 0.3 is 0 Å². The molecule has 1 spiro atoms. The van der Waals surface area contributed by atoms with Crippen molar-refractivity contribution in [3.63, 3.8) is 0 Å². The Morgan fingerprint density at radius 1 is 1.17 bits per heavy atom. The first kappa shape index (κ1) is 18.1. The summed E-state index contributed by atoms with van der Waals surface area (Å²) in [7, 11) is 3.94. The van der Waals surface area contributed by atoms with Crippen molar-refractivity contribution in [1.29, 1.82) is 0 Å². The summed E-state index contributed by atoms with van der Waals surface area (Å²) in [5, 5.41) is 8.48. The van der Waals surface area contributed by atoms with Crippen molar-refractivity contribution in [2.75, 3.05) is 26.7 Å². The summed E-state index contributed by atoms with van der Waals surface area (Å²) in [6.07, 6.45) is 0.908. The number of carbonyl (C=O) groups excluding carboxylic acids is 1. The second-order valence-corrected chi connectivity index (χ2v) is 8.41. The summed E-state index contributed by atoms with van der Waals surface area (Å²) in [6, 6.07) is 11.8. The van der Waals surface area contributed by atoms with Crippen molar-refractivity contribution in [3.8, 4) is 11.4 Å². The average molecular weight is 392 g/mol. The molecular weight excluding hydrogens is 368 g/mol. The third-order valence-electron chi connectivity index (χ3n) is 6.17. The van der Waals surface area contributed by atoms with E-state index in [4.69, 9.17) is 4.52 Å². The Morgan fingerprint density at radius 3 is 2.62 bits per heavy atom. The fourth-order valence-electron chi connectivity index (χ4n) is 4.58. The van der Waals surface area contributed by atoms with Gasteiger partial charge in [0.1, 0.15) is 0 Å². The van der Waals surface area contributed by atoms with Gasteiger partial charge in [-0.05, 0) is 26.5 Å². The standard InChI is InChI=1S/C21H24N6O2/c1-14-9-16(23-26(14)3)20(28)27-12-21(13-27)10-17(25(2)11-21)19-22-18(24-29-19)15-7-5-4-6-8-15/h4-9,17H,10-13H2,1-3H3. The highest BCUT2D eigenvalue weighted by atomic mass is 16.5. The van der Waals surface area contributed by atoms with E-state index in [2.05, 4.69) is 27.2 Å². The number of carbonyl (C=O) groups is 1. The smallest absolute Gasteiger partial charge is 0.274 e. The molecule has 1 unspecified atom stereocenters. The second kappa shape index (κ2) is 6.52. The quantitative estimate of drug-likeness (QED) is 0.680. The third kappa shape index (κ3) is 3.04. The van der Waals surface area contributed by atoms with E-state index in [1.807, 2.05) is 55.3 Å². The Hall–Kier alpha value is -3.00. The lowest BCUT2D eigenvalue weighted by Gasteiger charge is -2.47. The van der Waals surface area contributed by atoms with Crippen molar-refractivity contribution in [2.45, 2.75) is 19.4 Å². The number of aryl methyl sites for hydroxylation is 2. The number of aromatic nitrogens is 4. The van der Waals surface area contributed by atoms with Crippen molar-refractivity contribution in [3.05, 3.63) is 53.7 Å². The molecule has 8 nitrogen and oxygen atoms in total. The Labute approximate surface area is 169 Å². The molecule has 3 aromatic rings. The molecule has 2 aliphatic heterocycles. The summed E-state index contributed by atoms with van der Waals surface area (Å²) in [4.78, 5) is 21.5. The largest absolute Gasteiger partial charge is 0.337 e. The molecule has 2 aliphatic rings. The normalized spacial score (nSPS) is 20.9. The number of rotatable bonds is 3. The monoisotopic (exact) mass is 392 g/mol. The zero-order valence-corrected chi connectivity index (χ0v) is 16.9. The lowest BCUT2D eigenvalue weighted by Crippen LogP contribution is -2.59. The topological polar surface area (TPSA) is 80.3 Å². The zero-order valence-electron chi connectivity index (χ0n) is 16.9. The molecule has 2 saturated heterocycles. The Bertz CT molecular complexity index is 1030. The van der Waals surface area contributed by atoms with Crippen LogP contribution in [0.25, 0.3) is 11.4 Å². The highest BCUT2D eigenvalue weighted by Crippen LogP contribution is 2.47. The number of hydrogen-bond acceptors (Lipinski definition) is 6. The number of hydrogen-bond donors (Lipinski definition) is 0. The van der Waals surface area contributed by atoms with Gasteiger partial charge in [0.05, 0.1) is 6.04 Å². The minimum atomic E-state index is 0.00887. The van der Waals surface area contributed by atoms with Crippen LogP contribution in [0.3, 0.4) is 0 Å². The first-order valence-corrected chi connectivity index (χ1v) is 9.83. The van der Waals surface area contributed by atoms with Gasteiger partial charge < -0.3 is 9.42 Å². The first-order valence-electron chi connectivity index (χ1n) is 9.83. The van der Waals surface area contributed by atoms with E-state index in [0.29, 0.717) is 17.4 Å². The highest BCUT2D eigenvalue weighted by Gasteiger charge is 2.53. The van der Waals surface area contributed by atoms with E-state index in [9.17, 15) is 4.79 Å². The molecule has 1 aromatic carbocycles. The lowest BCUT2D eigenvalue weighted by molar-refractivity contribution is 0.0109. The molecule has 0 radical (unpaired) electrons. The van der Waals surface area contributed by atoms with Crippen LogP contribution in [-0.4, -0.2) is 62.3 Å². The molecule has 4 heterocycles. The maximum Gasteiger partial charge on any atom is 0.274 e. The molecule has 8 heteroatoms. The molecule has 150 valence electrons. The van der Waals surface area contributed by atoms with Crippen molar-refractivity contribution < 1.29 is 9.32 Å². The van der Waals surface area contributed by atoms with Crippen LogP contribution >= 0.6 is 0 Å². The third-order valence-corrected chi connectivity index (χ3v) is 6.17. The van der Waals surface area contributed by atoms with E-state index in [1.54, 1.807) is 4.68 Å². The SMILES string of the molecule is Cc1cc(C(=O)N2CC3(CC(c4nc(-c5ccccc5)no4)N(C)C3)C2)nn1C. The summed E-state index contributed by atoms with van der Waals surface area (Å²) < 4.78 is 7.34. The van der Waals surface area contributed by atoms with Crippen molar-refractivity contribution in [2.24, 2.45) is 12.5 Å². The van der Waals surface area contributed by atoms with Gasteiger partial charge in [-0.3, -0.25) is 14.4 Å². The molecular formula is C21H24N6O2. The number of nitrogens with zero attached hydrogens (tertiary/aromatic N) is 6. The Morgan fingerprint density at radius 2 is 1.93 bits per heavy atom. The summed E-state index contributed by atoms with van der Waals surface area (Å²) in [5.41, 5.74) is 2.53. The van der Waals surface area contributed by atoms with Gasteiger partial charge in [0.25, 0.3) is 5.91 Å². The molecule has 29 heavy (non-hydrogen) atoms. The number of likely N-dealkylation sites (tertiary alicyclic amines) is 2. The van der Waals surface area contributed by atoms with Gasteiger partial charge in [0.15, 0.2) is 5.69 Å². The molecule has 0 N–H and O–H groups in total. The van der Waals surface area contributed by atoms with Gasteiger partial charge in [0, 0.05) is 43.4 Å². The summed E-state index contributed by atoms with van der Waals surface area (Å²) >= 11 is 0. The first-order chi connectivity index (χ1) is 13.9. The van der Waals surface area contributed by atoms with Crippen molar-refractivity contribution >= 4 is 5.91 Å². The van der Waals surface area contributed by atoms with Crippen LogP contribution in [0.1, 0.15) is 34.5 Å². The Balaban J connectivity index is 1.27. The minimum Gasteiger partial charge on any atom is -0.337 e. The maximum absolute atomic E-state index is 12.7. The fourth-order valence-corrected chi connectivity index (χ4v) is 4.58. The van der Waals surface area contributed by atoms with Crippen LogP contribution < -0.4 is 0 Å². The fraction of sp³-hybridized carbons (Fsp3) is 0.429. The second-order valence-electron chi connectivity index (χ2n) is 8.41. The zero-order chi connectivity index (χ0) is 20.2. The number of benzene rings is 1. The summed E-state index contributed by atoms with van der Waals surface area (Å²) in [6.45, 7) is 4.34. The van der Waals surface area contributed by atoms with E-state index in [-0.39, 0.29) is 17.4 Å². The predicted octanol–water partition coefficient (Wildman–Crippen LogP) is 2.30. The molecule has 0 saturated carbocycles. The number of amides is 1. The minimum absolute atomic E-state index is 0.00887. The lowest BCUT2D eigenvalue weighted by atomic mass is 9.77. The molecule has 1 amide bonds. The van der Waals surface area contributed by atoms with Crippen LogP contribution in [0.2, 0.25) is 0 Å². The van der Waals surface area contributed by atoms with Gasteiger partial charge in [0.2, 0.25) is 11.7 Å². The van der Waals surface area contributed by atoms with Gasteiger partial charge in [-0.25, -0.2) is 0 Å². The molecule has 1 atom stereocenters. The van der Waals surface area contributed by atoms with Crippen molar-refractivity contribution in [1.82, 2.24) is 29.7 Å². The molecule has 2 fully saturated rings. The molecule has 2 aromatic heterocycles. The summed E-state index contributed by atoms with van der Waals surface area (Å²) in [5.74, 6) is 1.27. The maximum atomic E-state index is 12.7. The van der Waals surface area contributed by atoms with E-state index >= 15 is 0 Å². The highest BCUT2D eigenvalue weighted by molar-refractivity contribution is 5.93. The average Bonchev–Trinajstić information content (AvgIpc) is 3.38. The molecule has 0 bridgehead atoms. The molecule has 5 rings (SSSR count). The van der Waals surface area contributed by atoms with Crippen LogP contribution in [0.5, 0.6) is 0 Å². The van der Waals surface area contributed by atoms with Crippen LogP contribution in [-0.2, 0) is 7.05 Å². The Kier molecular flexibility index (Phi) is 4.06. The van der Waals surface area contributed by atoms with Crippen LogP contribution in [0, 0.1) is 12.3 Å². The predicted molar refractivity (Wildman–Crippen MR) is 106 cm³/mol. The van der Waals surface area contributed by atoms with Gasteiger partial charge in [-0.15, -0.1) is 0 Å². The van der Waals surface area contributed by atoms with E-state index in [0.717, 1.165) is 37.3 Å². The van der Waals surface area contributed by atoms with Gasteiger partial charge in [-0.1, -0.05) is 35.5 Å². The van der Waals surface area contributed by atoms with Gasteiger partial charge in [-0.2, -0.15) is 10.1 Å². The van der Waals surface area contributed by atoms with E-state index in [1.165, 1.54) is 0 Å². The van der Waals surface area contributed by atoms with Crippen LogP contribution in [0.15, 0.2) is 40.9 Å². The molecule has 0 aliphatic carbocycles.